The number of rotatable bonds is 4. The van der Waals surface area contributed by atoms with Crippen LogP contribution in [0.3, 0.4) is 0 Å². The molecule has 0 radical (unpaired) electrons. The van der Waals surface area contributed by atoms with Gasteiger partial charge in [-0.25, -0.2) is 0 Å². The summed E-state index contributed by atoms with van der Waals surface area (Å²) in [7, 11) is 0. The van der Waals surface area contributed by atoms with Crippen molar-refractivity contribution in [3.63, 3.8) is 0 Å². The third kappa shape index (κ3) is 2.15. The number of carbonyl (C=O) groups is 2. The second-order valence-corrected chi connectivity index (χ2v) is 6.45. The predicted molar refractivity (Wildman–Crippen MR) is 72.5 cm³/mol. The van der Waals surface area contributed by atoms with Gasteiger partial charge in [0.2, 0.25) is 11.8 Å². The smallest absolute Gasteiger partial charge is 0.246 e. The van der Waals surface area contributed by atoms with Gasteiger partial charge in [-0.05, 0) is 38.0 Å². The molecule has 1 atom stereocenters. The predicted octanol–water partition coefficient (Wildman–Crippen LogP) is 1.84. The summed E-state index contributed by atoms with van der Waals surface area (Å²) in [5.74, 6) is 0.938. The maximum Gasteiger partial charge on any atom is 0.246 e. The van der Waals surface area contributed by atoms with Crippen LogP contribution in [0.5, 0.6) is 0 Å². The first-order chi connectivity index (χ1) is 9.17. The Morgan fingerprint density at radius 1 is 1.26 bits per heavy atom. The Kier molecular flexibility index (Phi) is 3.27. The molecule has 1 heterocycles. The Labute approximate surface area is 114 Å². The van der Waals surface area contributed by atoms with E-state index in [1.54, 1.807) is 0 Å². The number of piperazine rings is 1. The van der Waals surface area contributed by atoms with Gasteiger partial charge in [-0.2, -0.15) is 0 Å². The molecule has 1 saturated heterocycles. The molecule has 0 aromatic rings. The minimum atomic E-state index is -0.496. The summed E-state index contributed by atoms with van der Waals surface area (Å²) < 4.78 is 0. The summed E-state index contributed by atoms with van der Waals surface area (Å²) >= 11 is 0. The van der Waals surface area contributed by atoms with Crippen LogP contribution in [0.15, 0.2) is 0 Å². The fourth-order valence-corrected chi connectivity index (χ4v) is 3.64. The van der Waals surface area contributed by atoms with E-state index in [9.17, 15) is 9.59 Å². The summed E-state index contributed by atoms with van der Waals surface area (Å²) in [6.07, 6.45) is 8.00. The number of hydrogen-bond acceptors (Lipinski definition) is 2. The molecule has 0 bridgehead atoms. The number of nitrogens with one attached hydrogen (secondary N) is 1. The molecule has 1 unspecified atom stereocenters. The second kappa shape index (κ2) is 4.80. The Morgan fingerprint density at radius 3 is 2.53 bits per heavy atom. The molecule has 19 heavy (non-hydrogen) atoms. The molecule has 0 aromatic heterocycles. The molecular formula is C15H24N2O2. The van der Waals surface area contributed by atoms with Gasteiger partial charge in [0.15, 0.2) is 0 Å². The highest BCUT2D eigenvalue weighted by Crippen LogP contribution is 2.41. The SMILES string of the molecule is CCCC1NC(=O)C2(CCCC2)N(CC2CC2)C1=O. The van der Waals surface area contributed by atoms with Gasteiger partial charge in [-0.3, -0.25) is 9.59 Å². The van der Waals surface area contributed by atoms with Crippen molar-refractivity contribution in [2.45, 2.75) is 69.9 Å². The largest absolute Gasteiger partial charge is 0.342 e. The van der Waals surface area contributed by atoms with Crippen LogP contribution in [0.4, 0.5) is 0 Å². The van der Waals surface area contributed by atoms with E-state index < -0.39 is 5.54 Å². The lowest BCUT2D eigenvalue weighted by Crippen LogP contribution is -2.70. The van der Waals surface area contributed by atoms with E-state index in [1.165, 1.54) is 12.8 Å². The highest BCUT2D eigenvalue weighted by molar-refractivity contribution is 6.00. The molecule has 3 fully saturated rings. The molecule has 1 spiro atoms. The lowest BCUT2D eigenvalue weighted by atomic mass is 9.88. The molecular weight excluding hydrogens is 240 g/mol. The third-order valence-corrected chi connectivity index (χ3v) is 4.95. The Bertz CT molecular complexity index is 384. The number of hydrogen-bond donors (Lipinski definition) is 1. The van der Waals surface area contributed by atoms with Gasteiger partial charge in [0, 0.05) is 6.54 Å². The Balaban J connectivity index is 1.85. The maximum absolute atomic E-state index is 12.7. The van der Waals surface area contributed by atoms with E-state index in [1.807, 2.05) is 4.90 Å². The normalized spacial score (nSPS) is 29.9. The van der Waals surface area contributed by atoms with Gasteiger partial charge in [-0.15, -0.1) is 0 Å². The zero-order valence-corrected chi connectivity index (χ0v) is 11.8. The zero-order chi connectivity index (χ0) is 13.5. The quantitative estimate of drug-likeness (QED) is 0.842. The second-order valence-electron chi connectivity index (χ2n) is 6.45. The number of carbonyl (C=O) groups excluding carboxylic acids is 2. The Morgan fingerprint density at radius 2 is 1.95 bits per heavy atom. The van der Waals surface area contributed by atoms with Crippen molar-refractivity contribution < 1.29 is 9.59 Å². The number of nitrogens with zero attached hydrogens (tertiary/aromatic N) is 1. The molecule has 106 valence electrons. The van der Waals surface area contributed by atoms with Gasteiger partial charge in [0.25, 0.3) is 0 Å². The summed E-state index contributed by atoms with van der Waals surface area (Å²) in [6, 6.07) is -0.275. The lowest BCUT2D eigenvalue weighted by Gasteiger charge is -2.46. The van der Waals surface area contributed by atoms with E-state index in [0.29, 0.717) is 5.92 Å². The first-order valence-corrected chi connectivity index (χ1v) is 7.80. The first kappa shape index (κ1) is 12.9. The third-order valence-electron chi connectivity index (χ3n) is 4.95. The summed E-state index contributed by atoms with van der Waals surface area (Å²) in [5, 5.41) is 2.99. The summed E-state index contributed by atoms with van der Waals surface area (Å²) in [5.41, 5.74) is -0.496. The molecule has 1 N–H and O–H groups in total. The van der Waals surface area contributed by atoms with Crippen molar-refractivity contribution in [3.05, 3.63) is 0 Å². The van der Waals surface area contributed by atoms with Crippen LogP contribution in [0.2, 0.25) is 0 Å². The fourth-order valence-electron chi connectivity index (χ4n) is 3.64. The monoisotopic (exact) mass is 264 g/mol. The van der Waals surface area contributed by atoms with Crippen LogP contribution in [0.1, 0.15) is 58.3 Å². The number of amides is 2. The van der Waals surface area contributed by atoms with Crippen LogP contribution in [-0.2, 0) is 9.59 Å². The zero-order valence-electron chi connectivity index (χ0n) is 11.8. The van der Waals surface area contributed by atoms with E-state index in [-0.39, 0.29) is 17.9 Å². The van der Waals surface area contributed by atoms with Crippen molar-refractivity contribution in [3.8, 4) is 0 Å². The van der Waals surface area contributed by atoms with Gasteiger partial charge in [0.1, 0.15) is 11.6 Å². The maximum atomic E-state index is 12.7. The Hall–Kier alpha value is -1.06. The molecule has 3 rings (SSSR count). The molecule has 2 aliphatic carbocycles. The molecule has 4 heteroatoms. The topological polar surface area (TPSA) is 49.4 Å². The van der Waals surface area contributed by atoms with Crippen LogP contribution in [0, 0.1) is 5.92 Å². The van der Waals surface area contributed by atoms with Crippen molar-refractivity contribution in [1.82, 2.24) is 10.2 Å². The average molecular weight is 264 g/mol. The van der Waals surface area contributed by atoms with Crippen molar-refractivity contribution in [1.29, 1.82) is 0 Å². The molecule has 1 aliphatic heterocycles. The van der Waals surface area contributed by atoms with Crippen molar-refractivity contribution in [2.24, 2.45) is 5.92 Å². The minimum absolute atomic E-state index is 0.115. The van der Waals surface area contributed by atoms with E-state index >= 15 is 0 Å². The van der Waals surface area contributed by atoms with E-state index in [0.717, 1.165) is 45.1 Å². The standard InChI is InChI=1S/C15H24N2O2/c1-2-5-12-13(18)17(10-11-6-7-11)15(14(19)16-12)8-3-4-9-15/h11-12H,2-10H2,1H3,(H,16,19). The van der Waals surface area contributed by atoms with Gasteiger partial charge in [0.05, 0.1) is 0 Å². The highest BCUT2D eigenvalue weighted by atomic mass is 16.2. The fraction of sp³-hybridized carbons (Fsp3) is 0.867. The van der Waals surface area contributed by atoms with Gasteiger partial charge < -0.3 is 10.2 Å². The van der Waals surface area contributed by atoms with Crippen molar-refractivity contribution >= 4 is 11.8 Å². The molecule has 4 nitrogen and oxygen atoms in total. The minimum Gasteiger partial charge on any atom is -0.342 e. The van der Waals surface area contributed by atoms with Gasteiger partial charge in [-0.1, -0.05) is 26.2 Å². The highest BCUT2D eigenvalue weighted by Gasteiger charge is 2.54. The summed E-state index contributed by atoms with van der Waals surface area (Å²) in [4.78, 5) is 27.2. The summed E-state index contributed by atoms with van der Waals surface area (Å²) in [6.45, 7) is 2.87. The van der Waals surface area contributed by atoms with Crippen LogP contribution >= 0.6 is 0 Å². The molecule has 2 amide bonds. The van der Waals surface area contributed by atoms with Gasteiger partial charge >= 0.3 is 0 Å². The van der Waals surface area contributed by atoms with Crippen LogP contribution in [0.25, 0.3) is 0 Å². The van der Waals surface area contributed by atoms with E-state index in [2.05, 4.69) is 12.2 Å². The van der Waals surface area contributed by atoms with Crippen LogP contribution in [-0.4, -0.2) is 34.8 Å². The average Bonchev–Trinajstić information content (AvgIpc) is 3.08. The molecule has 0 aromatic carbocycles. The van der Waals surface area contributed by atoms with E-state index in [4.69, 9.17) is 0 Å². The lowest BCUT2D eigenvalue weighted by molar-refractivity contribution is -0.157. The van der Waals surface area contributed by atoms with Crippen molar-refractivity contribution in [2.75, 3.05) is 6.54 Å². The first-order valence-electron chi connectivity index (χ1n) is 7.80. The molecule has 2 saturated carbocycles. The van der Waals surface area contributed by atoms with Crippen LogP contribution < -0.4 is 5.32 Å². The molecule has 3 aliphatic rings.